The molecule has 0 bridgehead atoms. The van der Waals surface area contributed by atoms with Crippen molar-refractivity contribution in [3.05, 3.63) is 0 Å². The van der Waals surface area contributed by atoms with Gasteiger partial charge < -0.3 is 10.6 Å². The number of nitrogens with zero attached hydrogens (tertiary/aromatic N) is 1. The zero-order valence-electron chi connectivity index (χ0n) is 12.0. The highest BCUT2D eigenvalue weighted by Crippen LogP contribution is 2.40. The minimum Gasteiger partial charge on any atom is -0.327 e. The van der Waals surface area contributed by atoms with E-state index in [1.807, 2.05) is 0 Å². The minimum atomic E-state index is 0.389. The minimum absolute atomic E-state index is 0.389. The molecule has 1 saturated carbocycles. The average molecular weight is 238 g/mol. The van der Waals surface area contributed by atoms with Crippen molar-refractivity contribution in [1.29, 1.82) is 0 Å². The highest BCUT2D eigenvalue weighted by atomic mass is 15.1. The molecule has 1 aliphatic heterocycles. The van der Waals surface area contributed by atoms with Gasteiger partial charge in [0.25, 0.3) is 0 Å². The highest BCUT2D eigenvalue weighted by Gasteiger charge is 2.39. The number of piperidine rings is 1. The van der Waals surface area contributed by atoms with Gasteiger partial charge in [-0.1, -0.05) is 33.6 Å². The van der Waals surface area contributed by atoms with Gasteiger partial charge >= 0.3 is 0 Å². The first-order valence-electron chi connectivity index (χ1n) is 7.45. The van der Waals surface area contributed by atoms with Gasteiger partial charge in [0.2, 0.25) is 0 Å². The summed E-state index contributed by atoms with van der Waals surface area (Å²) in [4.78, 5) is 2.67. The zero-order valence-corrected chi connectivity index (χ0v) is 12.0. The lowest BCUT2D eigenvalue weighted by atomic mass is 9.77. The second-order valence-electron chi connectivity index (χ2n) is 7.09. The molecule has 2 rings (SSSR count). The Morgan fingerprint density at radius 1 is 1.18 bits per heavy atom. The molecule has 0 radical (unpaired) electrons. The summed E-state index contributed by atoms with van der Waals surface area (Å²) in [5.74, 6) is 0. The van der Waals surface area contributed by atoms with E-state index in [4.69, 9.17) is 5.73 Å². The number of nitrogens with two attached hydrogens (primary N) is 1. The molecule has 2 heteroatoms. The van der Waals surface area contributed by atoms with Crippen molar-refractivity contribution < 1.29 is 0 Å². The molecule has 0 aromatic heterocycles. The third-order valence-corrected chi connectivity index (χ3v) is 5.66. The number of hydrogen-bond donors (Lipinski definition) is 1. The predicted octanol–water partition coefficient (Wildman–Crippen LogP) is 3.02. The Morgan fingerprint density at radius 3 is 2.29 bits per heavy atom. The van der Waals surface area contributed by atoms with Crippen LogP contribution >= 0.6 is 0 Å². The largest absolute Gasteiger partial charge is 0.327 e. The fourth-order valence-corrected chi connectivity index (χ4v) is 3.57. The fraction of sp³-hybridized carbons (Fsp3) is 1.00. The van der Waals surface area contributed by atoms with Crippen LogP contribution in [0.25, 0.3) is 0 Å². The van der Waals surface area contributed by atoms with E-state index in [0.29, 0.717) is 16.9 Å². The number of hydrogen-bond acceptors (Lipinski definition) is 2. The number of likely N-dealkylation sites (tertiary alicyclic amines) is 1. The summed E-state index contributed by atoms with van der Waals surface area (Å²) in [5.41, 5.74) is 7.28. The summed E-state index contributed by atoms with van der Waals surface area (Å²) in [6.45, 7) is 11.0. The predicted molar refractivity (Wildman–Crippen MR) is 74.0 cm³/mol. The van der Waals surface area contributed by atoms with E-state index in [0.717, 1.165) is 0 Å². The first-order chi connectivity index (χ1) is 7.97. The fourth-order valence-electron chi connectivity index (χ4n) is 3.57. The molecule has 100 valence electrons. The van der Waals surface area contributed by atoms with Crippen LogP contribution in [-0.2, 0) is 0 Å². The smallest absolute Gasteiger partial charge is 0.0105 e. The van der Waals surface area contributed by atoms with Gasteiger partial charge in [0.1, 0.15) is 0 Å². The summed E-state index contributed by atoms with van der Waals surface area (Å²) in [6.07, 6.45) is 7.96. The van der Waals surface area contributed by atoms with Gasteiger partial charge in [0.05, 0.1) is 0 Å². The molecule has 1 aliphatic carbocycles. The topological polar surface area (TPSA) is 29.3 Å². The molecule has 0 aromatic rings. The average Bonchev–Trinajstić information content (AvgIpc) is 2.63. The van der Waals surface area contributed by atoms with E-state index >= 15 is 0 Å². The van der Waals surface area contributed by atoms with Crippen molar-refractivity contribution in [3.8, 4) is 0 Å². The maximum atomic E-state index is 6.28. The molecule has 1 saturated heterocycles. The normalized spacial score (nSPS) is 38.5. The SMILES string of the molecule is CCC1(C)CCN(CC2(C)CCCC2N)CC1. The van der Waals surface area contributed by atoms with Crippen LogP contribution in [0.5, 0.6) is 0 Å². The summed E-state index contributed by atoms with van der Waals surface area (Å²) < 4.78 is 0. The molecule has 2 nitrogen and oxygen atoms in total. The van der Waals surface area contributed by atoms with Crippen LogP contribution < -0.4 is 5.73 Å². The molecule has 2 atom stereocenters. The Kier molecular flexibility index (Phi) is 3.84. The molecule has 2 aliphatic rings. The highest BCUT2D eigenvalue weighted by molar-refractivity contribution is 4.94. The molecule has 0 aromatic carbocycles. The molecule has 2 fully saturated rings. The Balaban J connectivity index is 1.86. The van der Waals surface area contributed by atoms with Crippen LogP contribution in [0, 0.1) is 10.8 Å². The van der Waals surface area contributed by atoms with E-state index < -0.39 is 0 Å². The van der Waals surface area contributed by atoms with Crippen molar-refractivity contribution in [2.75, 3.05) is 19.6 Å². The van der Waals surface area contributed by atoms with Crippen molar-refractivity contribution in [3.63, 3.8) is 0 Å². The lowest BCUT2D eigenvalue weighted by Crippen LogP contribution is -2.48. The maximum Gasteiger partial charge on any atom is 0.0105 e. The van der Waals surface area contributed by atoms with Crippen molar-refractivity contribution in [2.24, 2.45) is 16.6 Å². The third kappa shape index (κ3) is 2.85. The lowest BCUT2D eigenvalue weighted by Gasteiger charge is -2.43. The van der Waals surface area contributed by atoms with Gasteiger partial charge in [-0.2, -0.15) is 0 Å². The molecular weight excluding hydrogens is 208 g/mol. The second-order valence-corrected chi connectivity index (χ2v) is 7.09. The van der Waals surface area contributed by atoms with Crippen LogP contribution in [0.3, 0.4) is 0 Å². The Labute approximate surface area is 107 Å². The van der Waals surface area contributed by atoms with E-state index in [-0.39, 0.29) is 0 Å². The third-order valence-electron chi connectivity index (χ3n) is 5.66. The first-order valence-corrected chi connectivity index (χ1v) is 7.45. The van der Waals surface area contributed by atoms with Crippen molar-refractivity contribution in [1.82, 2.24) is 4.90 Å². The monoisotopic (exact) mass is 238 g/mol. The second kappa shape index (κ2) is 4.89. The van der Waals surface area contributed by atoms with E-state index in [9.17, 15) is 0 Å². The van der Waals surface area contributed by atoms with Crippen LogP contribution in [0.1, 0.15) is 59.3 Å². The molecule has 0 spiro atoms. The van der Waals surface area contributed by atoms with Gasteiger partial charge in [0, 0.05) is 12.6 Å². The maximum absolute atomic E-state index is 6.28. The van der Waals surface area contributed by atoms with Crippen LogP contribution in [0.2, 0.25) is 0 Å². The van der Waals surface area contributed by atoms with E-state index in [2.05, 4.69) is 25.7 Å². The van der Waals surface area contributed by atoms with Gasteiger partial charge in [0.15, 0.2) is 0 Å². The van der Waals surface area contributed by atoms with Crippen LogP contribution in [0.4, 0.5) is 0 Å². The molecule has 2 N–H and O–H groups in total. The molecule has 1 heterocycles. The van der Waals surface area contributed by atoms with Crippen molar-refractivity contribution in [2.45, 2.75) is 65.3 Å². The number of rotatable bonds is 3. The van der Waals surface area contributed by atoms with Gasteiger partial charge in [-0.15, -0.1) is 0 Å². The van der Waals surface area contributed by atoms with Gasteiger partial charge in [-0.05, 0) is 49.6 Å². The standard InChI is InChI=1S/C15H30N2/c1-4-14(2)8-10-17(11-9-14)12-15(3)7-5-6-13(15)16/h13H,4-12,16H2,1-3H3. The van der Waals surface area contributed by atoms with Crippen molar-refractivity contribution >= 4 is 0 Å². The summed E-state index contributed by atoms with van der Waals surface area (Å²) in [5, 5.41) is 0. The van der Waals surface area contributed by atoms with Crippen LogP contribution in [0.15, 0.2) is 0 Å². The summed E-state index contributed by atoms with van der Waals surface area (Å²) in [6, 6.07) is 0.432. The molecule has 2 unspecified atom stereocenters. The molecule has 17 heavy (non-hydrogen) atoms. The Bertz CT molecular complexity index is 256. The zero-order chi connectivity index (χ0) is 12.5. The lowest BCUT2D eigenvalue weighted by molar-refractivity contribution is 0.0740. The van der Waals surface area contributed by atoms with Crippen LogP contribution in [-0.4, -0.2) is 30.6 Å². The van der Waals surface area contributed by atoms with Gasteiger partial charge in [-0.3, -0.25) is 0 Å². The Morgan fingerprint density at radius 2 is 1.82 bits per heavy atom. The van der Waals surface area contributed by atoms with E-state index in [1.54, 1.807) is 0 Å². The van der Waals surface area contributed by atoms with E-state index in [1.165, 1.54) is 58.2 Å². The molecule has 0 amide bonds. The van der Waals surface area contributed by atoms with Gasteiger partial charge in [-0.25, -0.2) is 0 Å². The summed E-state index contributed by atoms with van der Waals surface area (Å²) in [7, 11) is 0. The first kappa shape index (κ1) is 13.4. The summed E-state index contributed by atoms with van der Waals surface area (Å²) >= 11 is 0. The Hall–Kier alpha value is -0.0800. The molecular formula is C15H30N2. The quantitative estimate of drug-likeness (QED) is 0.819.